The Balaban J connectivity index is 2.14. The molecule has 3 atom stereocenters. The summed E-state index contributed by atoms with van der Waals surface area (Å²) in [6.07, 6.45) is -0.941. The molecule has 2 heterocycles. The molecule has 1 fully saturated rings. The lowest BCUT2D eigenvalue weighted by atomic mass is 10.2. The number of nitrogens with zero attached hydrogens (tertiary/aromatic N) is 1. The van der Waals surface area contributed by atoms with Crippen molar-refractivity contribution in [2.24, 2.45) is 0 Å². The Kier molecular flexibility index (Phi) is 4.69. The zero-order valence-corrected chi connectivity index (χ0v) is 11.5. The number of aromatic nitrogens is 2. The van der Waals surface area contributed by atoms with E-state index in [4.69, 9.17) is 14.5 Å². The fourth-order valence-corrected chi connectivity index (χ4v) is 2.26. The number of H-pyrrole nitrogens is 1. The van der Waals surface area contributed by atoms with Crippen molar-refractivity contribution in [2.75, 3.05) is 6.61 Å². The Morgan fingerprint density at radius 3 is 2.90 bits per heavy atom. The SMILES string of the molecule is Cc1cn([C@H]2C[C@H](O)[C@@H](COP(O)O)O2)c(=O)[nH]c1=O. The molecule has 1 aromatic heterocycles. The highest BCUT2D eigenvalue weighted by Gasteiger charge is 2.36. The average Bonchev–Trinajstić information content (AvgIpc) is 2.72. The van der Waals surface area contributed by atoms with E-state index in [0.29, 0.717) is 5.56 Å². The summed E-state index contributed by atoms with van der Waals surface area (Å²) in [6, 6.07) is 0. The minimum atomic E-state index is -2.53. The van der Waals surface area contributed by atoms with Gasteiger partial charge in [0.1, 0.15) is 12.3 Å². The second-order valence-electron chi connectivity index (χ2n) is 4.46. The first-order valence-electron chi connectivity index (χ1n) is 5.85. The van der Waals surface area contributed by atoms with Crippen LogP contribution in [0.2, 0.25) is 0 Å². The molecule has 0 bridgehead atoms. The number of aryl methyl sites for hydroxylation is 1. The molecule has 10 heteroatoms. The maximum Gasteiger partial charge on any atom is 0.330 e. The molecule has 1 aliphatic heterocycles. The van der Waals surface area contributed by atoms with Crippen molar-refractivity contribution in [1.82, 2.24) is 9.55 Å². The molecule has 0 radical (unpaired) electrons. The molecule has 4 N–H and O–H groups in total. The van der Waals surface area contributed by atoms with Crippen molar-refractivity contribution < 1.29 is 24.2 Å². The minimum absolute atomic E-state index is 0.133. The quantitative estimate of drug-likeness (QED) is 0.509. The fraction of sp³-hybridized carbons (Fsp3) is 0.600. The Morgan fingerprint density at radius 1 is 1.55 bits per heavy atom. The fourth-order valence-electron chi connectivity index (χ4n) is 1.98. The molecule has 0 spiro atoms. The normalized spacial score (nSPS) is 26.4. The predicted molar refractivity (Wildman–Crippen MR) is 67.9 cm³/mol. The van der Waals surface area contributed by atoms with E-state index in [1.165, 1.54) is 10.8 Å². The molecule has 0 aromatic carbocycles. The maximum atomic E-state index is 11.7. The van der Waals surface area contributed by atoms with Crippen molar-refractivity contribution >= 4 is 8.60 Å². The second-order valence-corrected chi connectivity index (χ2v) is 5.22. The van der Waals surface area contributed by atoms with Gasteiger partial charge in [0, 0.05) is 18.2 Å². The monoisotopic (exact) mass is 306 g/mol. The van der Waals surface area contributed by atoms with Gasteiger partial charge in [0.15, 0.2) is 0 Å². The first-order valence-corrected chi connectivity index (χ1v) is 7.01. The van der Waals surface area contributed by atoms with E-state index in [0.717, 1.165) is 0 Å². The van der Waals surface area contributed by atoms with E-state index in [2.05, 4.69) is 9.51 Å². The predicted octanol–water partition coefficient (Wildman–Crippen LogP) is -1.28. The molecule has 0 amide bonds. The third kappa shape index (κ3) is 3.32. The van der Waals surface area contributed by atoms with Crippen molar-refractivity contribution in [3.05, 3.63) is 32.6 Å². The van der Waals surface area contributed by atoms with Crippen molar-refractivity contribution in [3.63, 3.8) is 0 Å². The first kappa shape index (κ1) is 15.3. The molecule has 112 valence electrons. The second kappa shape index (κ2) is 6.13. The zero-order chi connectivity index (χ0) is 14.9. The van der Waals surface area contributed by atoms with Gasteiger partial charge in [-0.25, -0.2) is 4.79 Å². The maximum absolute atomic E-state index is 11.7. The molecular formula is C10H15N2O7P. The standard InChI is InChI=1S/C10H15N2O7P/c1-5-3-12(10(15)11-9(5)14)8-2-6(13)7(19-8)4-18-20(16)17/h3,6-8,13,16-17H,2,4H2,1H3,(H,11,14,15)/t6-,7+,8+/m0/s1. The topological polar surface area (TPSA) is 134 Å². The van der Waals surface area contributed by atoms with Crippen molar-refractivity contribution in [3.8, 4) is 0 Å². The van der Waals surface area contributed by atoms with Crippen molar-refractivity contribution in [1.29, 1.82) is 0 Å². The summed E-state index contributed by atoms with van der Waals surface area (Å²) in [6.45, 7) is 1.35. The Bertz CT molecular complexity index is 584. The lowest BCUT2D eigenvalue weighted by molar-refractivity contribution is -0.0425. The lowest BCUT2D eigenvalue weighted by Gasteiger charge is -2.16. The highest BCUT2D eigenvalue weighted by Crippen LogP contribution is 2.31. The van der Waals surface area contributed by atoms with Crippen LogP contribution in [0.25, 0.3) is 0 Å². The van der Waals surface area contributed by atoms with Crippen LogP contribution in [0.3, 0.4) is 0 Å². The van der Waals surface area contributed by atoms with Crippen molar-refractivity contribution in [2.45, 2.75) is 31.8 Å². The molecule has 0 unspecified atom stereocenters. The number of aliphatic hydroxyl groups is 1. The van der Waals surface area contributed by atoms with Gasteiger partial charge < -0.3 is 24.2 Å². The summed E-state index contributed by atoms with van der Waals surface area (Å²) in [4.78, 5) is 42.4. The van der Waals surface area contributed by atoms with E-state index in [1.807, 2.05) is 0 Å². The zero-order valence-electron chi connectivity index (χ0n) is 10.6. The van der Waals surface area contributed by atoms with Crippen LogP contribution in [-0.4, -0.2) is 43.3 Å². The summed E-state index contributed by atoms with van der Waals surface area (Å²) in [5.41, 5.74) is -0.765. The van der Waals surface area contributed by atoms with Crippen LogP contribution >= 0.6 is 8.60 Å². The molecule has 20 heavy (non-hydrogen) atoms. The Morgan fingerprint density at radius 2 is 2.25 bits per heavy atom. The van der Waals surface area contributed by atoms with E-state index in [1.54, 1.807) is 6.92 Å². The first-order chi connectivity index (χ1) is 9.38. The summed E-state index contributed by atoms with van der Waals surface area (Å²) in [5.74, 6) is 0. The lowest BCUT2D eigenvalue weighted by Crippen LogP contribution is -2.33. The molecule has 0 aliphatic carbocycles. The molecule has 2 rings (SSSR count). The molecular weight excluding hydrogens is 291 g/mol. The van der Waals surface area contributed by atoms with Gasteiger partial charge in [-0.15, -0.1) is 0 Å². The largest absolute Gasteiger partial charge is 0.390 e. The average molecular weight is 306 g/mol. The number of aromatic amines is 1. The van der Waals surface area contributed by atoms with Gasteiger partial charge in [0.05, 0.1) is 12.7 Å². The number of hydrogen-bond donors (Lipinski definition) is 4. The third-order valence-electron chi connectivity index (χ3n) is 3.01. The van der Waals surface area contributed by atoms with E-state index < -0.39 is 38.3 Å². The van der Waals surface area contributed by atoms with Gasteiger partial charge in [-0.1, -0.05) is 0 Å². The number of rotatable bonds is 4. The number of ether oxygens (including phenoxy) is 1. The van der Waals surface area contributed by atoms with Crippen LogP contribution in [0.1, 0.15) is 18.2 Å². The number of nitrogens with one attached hydrogen (secondary N) is 1. The minimum Gasteiger partial charge on any atom is -0.390 e. The van der Waals surface area contributed by atoms with E-state index in [-0.39, 0.29) is 13.0 Å². The summed E-state index contributed by atoms with van der Waals surface area (Å²) < 4.78 is 11.2. The van der Waals surface area contributed by atoms with Gasteiger partial charge >= 0.3 is 14.3 Å². The highest BCUT2D eigenvalue weighted by molar-refractivity contribution is 7.39. The highest BCUT2D eigenvalue weighted by atomic mass is 31.2. The van der Waals surface area contributed by atoms with E-state index >= 15 is 0 Å². The van der Waals surface area contributed by atoms with Crippen LogP contribution in [0.5, 0.6) is 0 Å². The van der Waals surface area contributed by atoms with Gasteiger partial charge in [-0.2, -0.15) is 0 Å². The van der Waals surface area contributed by atoms with Gasteiger partial charge in [0.2, 0.25) is 0 Å². The number of aliphatic hydroxyl groups excluding tert-OH is 1. The van der Waals surface area contributed by atoms with E-state index in [9.17, 15) is 14.7 Å². The van der Waals surface area contributed by atoms with Gasteiger partial charge in [0.25, 0.3) is 5.56 Å². The molecule has 1 aliphatic rings. The van der Waals surface area contributed by atoms with Crippen LogP contribution in [-0.2, 0) is 9.26 Å². The van der Waals surface area contributed by atoms with Crippen LogP contribution in [0.4, 0.5) is 0 Å². The summed E-state index contributed by atoms with van der Waals surface area (Å²) >= 11 is 0. The Labute approximate surface area is 114 Å². The van der Waals surface area contributed by atoms with Crippen LogP contribution in [0, 0.1) is 6.92 Å². The Hall–Kier alpha value is -1.09. The van der Waals surface area contributed by atoms with Gasteiger partial charge in [-0.3, -0.25) is 14.3 Å². The molecule has 9 nitrogen and oxygen atoms in total. The van der Waals surface area contributed by atoms with Gasteiger partial charge in [-0.05, 0) is 6.92 Å². The smallest absolute Gasteiger partial charge is 0.330 e. The number of hydrogen-bond acceptors (Lipinski definition) is 7. The molecule has 1 aromatic rings. The summed E-state index contributed by atoms with van der Waals surface area (Å²) in [7, 11) is -2.53. The summed E-state index contributed by atoms with van der Waals surface area (Å²) in [5, 5.41) is 9.80. The van der Waals surface area contributed by atoms with Crippen LogP contribution in [0.15, 0.2) is 15.8 Å². The molecule has 1 saturated heterocycles. The third-order valence-corrected chi connectivity index (χ3v) is 3.39. The molecule has 0 saturated carbocycles. The van der Waals surface area contributed by atoms with Crippen LogP contribution < -0.4 is 11.2 Å².